The van der Waals surface area contributed by atoms with Gasteiger partial charge in [-0.3, -0.25) is 0 Å². The summed E-state index contributed by atoms with van der Waals surface area (Å²) in [5.41, 5.74) is 3.37. The summed E-state index contributed by atoms with van der Waals surface area (Å²) < 4.78 is 5.60. The molecule has 3 nitrogen and oxygen atoms in total. The van der Waals surface area contributed by atoms with Crippen LogP contribution in [-0.4, -0.2) is 16.1 Å². The van der Waals surface area contributed by atoms with E-state index in [0.717, 1.165) is 18.4 Å². The van der Waals surface area contributed by atoms with Crippen molar-refractivity contribution in [3.63, 3.8) is 0 Å². The van der Waals surface area contributed by atoms with Crippen LogP contribution in [0.1, 0.15) is 23.4 Å². The first-order chi connectivity index (χ1) is 8.19. The molecule has 0 aliphatic heterocycles. The van der Waals surface area contributed by atoms with Crippen molar-refractivity contribution in [2.75, 3.05) is 5.88 Å². The molecule has 0 aliphatic carbocycles. The number of halogens is 1. The van der Waals surface area contributed by atoms with Crippen molar-refractivity contribution in [3.8, 4) is 11.5 Å². The fourth-order valence-corrected chi connectivity index (χ4v) is 1.92. The summed E-state index contributed by atoms with van der Waals surface area (Å²) in [6.07, 6.45) is 1.59. The van der Waals surface area contributed by atoms with Crippen molar-refractivity contribution < 1.29 is 4.42 Å². The maximum absolute atomic E-state index is 5.63. The van der Waals surface area contributed by atoms with Crippen LogP contribution >= 0.6 is 11.6 Å². The number of aryl methyl sites for hydroxylation is 3. The van der Waals surface area contributed by atoms with Crippen molar-refractivity contribution in [2.45, 2.75) is 26.7 Å². The third-order valence-electron chi connectivity index (χ3n) is 2.46. The molecule has 90 valence electrons. The van der Waals surface area contributed by atoms with Crippen LogP contribution in [0.3, 0.4) is 0 Å². The smallest absolute Gasteiger partial charge is 0.247 e. The molecule has 1 aromatic carbocycles. The van der Waals surface area contributed by atoms with Gasteiger partial charge in [-0.1, -0.05) is 17.2 Å². The molecule has 2 rings (SSSR count). The highest BCUT2D eigenvalue weighted by atomic mass is 35.5. The van der Waals surface area contributed by atoms with E-state index in [9.17, 15) is 0 Å². The van der Waals surface area contributed by atoms with E-state index < -0.39 is 0 Å². The number of alkyl halides is 1. The third kappa shape index (κ3) is 3.07. The summed E-state index contributed by atoms with van der Waals surface area (Å²) in [6, 6.07) is 6.21. The number of hydrogen-bond acceptors (Lipinski definition) is 3. The minimum Gasteiger partial charge on any atom is -0.421 e. The normalized spacial score (nSPS) is 10.8. The minimum atomic E-state index is 0.585. The van der Waals surface area contributed by atoms with E-state index >= 15 is 0 Å². The predicted octanol–water partition coefficient (Wildman–Crippen LogP) is 3.52. The fraction of sp³-hybridized carbons (Fsp3) is 0.385. The maximum atomic E-state index is 5.63. The van der Waals surface area contributed by atoms with Crippen LogP contribution in [-0.2, 0) is 6.42 Å². The number of hydrogen-bond donors (Lipinski definition) is 0. The SMILES string of the molecule is Cc1cc(C)cc(-c2nnc(CCCCl)o2)c1. The lowest BCUT2D eigenvalue weighted by atomic mass is 10.1. The zero-order chi connectivity index (χ0) is 12.3. The van der Waals surface area contributed by atoms with E-state index in [4.69, 9.17) is 16.0 Å². The Bertz CT molecular complexity index is 488. The Hall–Kier alpha value is -1.35. The molecule has 17 heavy (non-hydrogen) atoms. The zero-order valence-corrected chi connectivity index (χ0v) is 10.8. The number of benzene rings is 1. The van der Waals surface area contributed by atoms with Crippen molar-refractivity contribution in [1.29, 1.82) is 0 Å². The highest BCUT2D eigenvalue weighted by Gasteiger charge is 2.08. The van der Waals surface area contributed by atoms with Crippen molar-refractivity contribution in [2.24, 2.45) is 0 Å². The van der Waals surface area contributed by atoms with Crippen LogP contribution in [0.4, 0.5) is 0 Å². The summed E-state index contributed by atoms with van der Waals surface area (Å²) in [6.45, 7) is 4.11. The van der Waals surface area contributed by atoms with E-state index in [1.165, 1.54) is 11.1 Å². The summed E-state index contributed by atoms with van der Waals surface area (Å²) in [7, 11) is 0. The second-order valence-corrected chi connectivity index (χ2v) is 4.55. The fourth-order valence-electron chi connectivity index (χ4n) is 1.79. The van der Waals surface area contributed by atoms with E-state index in [2.05, 4.69) is 30.1 Å². The van der Waals surface area contributed by atoms with Crippen LogP contribution in [0.2, 0.25) is 0 Å². The van der Waals surface area contributed by atoms with Gasteiger partial charge in [0.05, 0.1) is 0 Å². The summed E-state index contributed by atoms with van der Waals surface area (Å²) in [5.74, 6) is 1.85. The second kappa shape index (κ2) is 5.32. The molecule has 4 heteroatoms. The van der Waals surface area contributed by atoms with Crippen LogP contribution in [0.25, 0.3) is 11.5 Å². The lowest BCUT2D eigenvalue weighted by Gasteiger charge is -2.00. The van der Waals surface area contributed by atoms with Gasteiger partial charge in [0.2, 0.25) is 11.8 Å². The second-order valence-electron chi connectivity index (χ2n) is 4.17. The molecular formula is C13H15ClN2O. The third-order valence-corrected chi connectivity index (χ3v) is 2.73. The molecule has 2 aromatic rings. The van der Waals surface area contributed by atoms with Crippen LogP contribution in [0, 0.1) is 13.8 Å². The monoisotopic (exact) mass is 250 g/mol. The van der Waals surface area contributed by atoms with Crippen LogP contribution in [0.15, 0.2) is 22.6 Å². The molecule has 0 N–H and O–H groups in total. The number of aromatic nitrogens is 2. The highest BCUT2D eigenvalue weighted by Crippen LogP contribution is 2.21. The van der Waals surface area contributed by atoms with E-state index in [1.54, 1.807) is 0 Å². The molecule has 1 heterocycles. The Balaban J connectivity index is 2.24. The standard InChI is InChI=1S/C13H15ClN2O/c1-9-6-10(2)8-11(7-9)13-16-15-12(17-13)4-3-5-14/h6-8H,3-5H2,1-2H3. The Kier molecular flexibility index (Phi) is 3.79. The molecular weight excluding hydrogens is 236 g/mol. The van der Waals surface area contributed by atoms with Gasteiger partial charge in [0.1, 0.15) is 0 Å². The van der Waals surface area contributed by atoms with Gasteiger partial charge in [-0.05, 0) is 32.4 Å². The summed E-state index contributed by atoms with van der Waals surface area (Å²) in [5, 5.41) is 8.08. The number of nitrogens with zero attached hydrogens (tertiary/aromatic N) is 2. The van der Waals surface area contributed by atoms with Gasteiger partial charge in [0, 0.05) is 17.9 Å². The molecule has 0 spiro atoms. The van der Waals surface area contributed by atoms with Crippen molar-refractivity contribution in [3.05, 3.63) is 35.2 Å². The molecule has 0 radical (unpaired) electrons. The Morgan fingerprint density at radius 3 is 2.47 bits per heavy atom. The maximum Gasteiger partial charge on any atom is 0.247 e. The average Bonchev–Trinajstić information content (AvgIpc) is 2.73. The van der Waals surface area contributed by atoms with Crippen molar-refractivity contribution in [1.82, 2.24) is 10.2 Å². The summed E-state index contributed by atoms with van der Waals surface area (Å²) in [4.78, 5) is 0. The molecule has 0 amide bonds. The first kappa shape index (κ1) is 12.1. The van der Waals surface area contributed by atoms with Gasteiger partial charge in [-0.2, -0.15) is 0 Å². The largest absolute Gasteiger partial charge is 0.421 e. The predicted molar refractivity (Wildman–Crippen MR) is 68.2 cm³/mol. The van der Waals surface area contributed by atoms with Crippen LogP contribution < -0.4 is 0 Å². The zero-order valence-electron chi connectivity index (χ0n) is 10.0. The molecule has 0 atom stereocenters. The molecule has 0 saturated heterocycles. The molecule has 1 aromatic heterocycles. The first-order valence-corrected chi connectivity index (χ1v) is 6.19. The van der Waals surface area contributed by atoms with Gasteiger partial charge < -0.3 is 4.42 Å². The molecule has 0 saturated carbocycles. The Labute approximate surface area is 106 Å². The average molecular weight is 251 g/mol. The minimum absolute atomic E-state index is 0.585. The lowest BCUT2D eigenvalue weighted by molar-refractivity contribution is 0.502. The molecule has 0 fully saturated rings. The van der Waals surface area contributed by atoms with Crippen molar-refractivity contribution >= 4 is 11.6 Å². The lowest BCUT2D eigenvalue weighted by Crippen LogP contribution is -1.85. The highest BCUT2D eigenvalue weighted by molar-refractivity contribution is 6.17. The number of rotatable bonds is 4. The first-order valence-electron chi connectivity index (χ1n) is 5.66. The van der Waals surface area contributed by atoms with Gasteiger partial charge in [0.25, 0.3) is 0 Å². The quantitative estimate of drug-likeness (QED) is 0.780. The van der Waals surface area contributed by atoms with Gasteiger partial charge >= 0.3 is 0 Å². The van der Waals surface area contributed by atoms with Gasteiger partial charge in [-0.25, -0.2) is 0 Å². The van der Waals surface area contributed by atoms with Gasteiger partial charge in [0.15, 0.2) is 0 Å². The Morgan fingerprint density at radius 2 is 1.82 bits per heavy atom. The topological polar surface area (TPSA) is 38.9 Å². The van der Waals surface area contributed by atoms with E-state index in [-0.39, 0.29) is 0 Å². The molecule has 0 unspecified atom stereocenters. The summed E-state index contributed by atoms with van der Waals surface area (Å²) >= 11 is 5.63. The van der Waals surface area contributed by atoms with E-state index in [1.807, 2.05) is 12.1 Å². The molecule has 0 aliphatic rings. The molecule has 0 bridgehead atoms. The van der Waals surface area contributed by atoms with Crippen LogP contribution in [0.5, 0.6) is 0 Å². The van der Waals surface area contributed by atoms with Gasteiger partial charge in [-0.15, -0.1) is 21.8 Å². The Morgan fingerprint density at radius 1 is 1.12 bits per heavy atom. The van der Waals surface area contributed by atoms with E-state index in [0.29, 0.717) is 17.7 Å².